The summed E-state index contributed by atoms with van der Waals surface area (Å²) in [6, 6.07) is 13.6. The summed E-state index contributed by atoms with van der Waals surface area (Å²) in [5.41, 5.74) is 4.28. The number of aryl methyl sites for hydroxylation is 2. The van der Waals surface area contributed by atoms with Crippen LogP contribution in [0, 0.1) is 13.8 Å². The summed E-state index contributed by atoms with van der Waals surface area (Å²) >= 11 is 7.29. The van der Waals surface area contributed by atoms with E-state index in [1.54, 1.807) is 0 Å². The number of hydrogen-bond donors (Lipinski definition) is 1. The Morgan fingerprint density at radius 1 is 1.11 bits per heavy atom. The molecule has 1 aromatic heterocycles. The third-order valence-electron chi connectivity index (χ3n) is 4.32. The number of aromatic nitrogens is 3. The number of thioether (sulfide) groups is 1. The van der Waals surface area contributed by atoms with Crippen LogP contribution in [0.25, 0.3) is 0 Å². The Morgan fingerprint density at radius 3 is 2.56 bits per heavy atom. The number of rotatable bonds is 6. The van der Waals surface area contributed by atoms with E-state index >= 15 is 0 Å². The number of nitrogens with zero attached hydrogens (tertiary/aromatic N) is 3. The van der Waals surface area contributed by atoms with E-state index < -0.39 is 0 Å². The van der Waals surface area contributed by atoms with E-state index in [4.69, 9.17) is 11.6 Å². The van der Waals surface area contributed by atoms with Crippen molar-refractivity contribution in [3.05, 3.63) is 70.0 Å². The molecular weight excluding hydrogens is 380 g/mol. The van der Waals surface area contributed by atoms with Gasteiger partial charge in [-0.3, -0.25) is 4.79 Å². The number of hydrogen-bond acceptors (Lipinski definition) is 4. The predicted molar refractivity (Wildman–Crippen MR) is 111 cm³/mol. The summed E-state index contributed by atoms with van der Waals surface area (Å²) in [5, 5.41) is 12.8. The second-order valence-corrected chi connectivity index (χ2v) is 7.78. The standard InChI is InChI=1S/C20H21ClN4OS/c1-13-4-9-17(10-14(13)2)22-19(26)12-27-20-24-23-18(25(20)3)11-15-5-7-16(21)8-6-15/h4-10H,11-12H2,1-3H3,(H,22,26). The Kier molecular flexibility index (Phi) is 6.19. The summed E-state index contributed by atoms with van der Waals surface area (Å²) in [6.07, 6.45) is 0.663. The van der Waals surface area contributed by atoms with Gasteiger partial charge in [0.15, 0.2) is 5.16 Å². The molecular formula is C20H21ClN4OS. The fourth-order valence-electron chi connectivity index (χ4n) is 2.56. The smallest absolute Gasteiger partial charge is 0.234 e. The first-order chi connectivity index (χ1) is 12.9. The zero-order valence-corrected chi connectivity index (χ0v) is 17.1. The molecule has 0 saturated heterocycles. The van der Waals surface area contributed by atoms with Crippen LogP contribution < -0.4 is 5.32 Å². The molecule has 140 valence electrons. The van der Waals surface area contributed by atoms with Crippen LogP contribution in [0.1, 0.15) is 22.5 Å². The van der Waals surface area contributed by atoms with Gasteiger partial charge in [-0.15, -0.1) is 10.2 Å². The number of nitrogens with one attached hydrogen (secondary N) is 1. The van der Waals surface area contributed by atoms with Gasteiger partial charge >= 0.3 is 0 Å². The molecule has 3 rings (SSSR count). The zero-order valence-electron chi connectivity index (χ0n) is 15.5. The molecule has 1 amide bonds. The number of anilines is 1. The fraction of sp³-hybridized carbons (Fsp3) is 0.250. The summed E-state index contributed by atoms with van der Waals surface area (Å²) in [7, 11) is 1.91. The molecule has 1 heterocycles. The van der Waals surface area contributed by atoms with E-state index in [1.807, 2.05) is 67.9 Å². The number of benzene rings is 2. The van der Waals surface area contributed by atoms with E-state index in [1.165, 1.54) is 17.3 Å². The number of amides is 1. The highest BCUT2D eigenvalue weighted by Crippen LogP contribution is 2.19. The van der Waals surface area contributed by atoms with Crippen LogP contribution in [0.2, 0.25) is 5.02 Å². The highest BCUT2D eigenvalue weighted by atomic mass is 35.5. The third-order valence-corrected chi connectivity index (χ3v) is 5.60. The van der Waals surface area contributed by atoms with Gasteiger partial charge in [0.1, 0.15) is 5.82 Å². The zero-order chi connectivity index (χ0) is 19.4. The van der Waals surface area contributed by atoms with Crippen molar-refractivity contribution >= 4 is 35.0 Å². The van der Waals surface area contributed by atoms with Crippen molar-refractivity contribution in [2.24, 2.45) is 7.05 Å². The van der Waals surface area contributed by atoms with Gasteiger partial charge in [-0.25, -0.2) is 0 Å². The van der Waals surface area contributed by atoms with Crippen molar-refractivity contribution in [2.45, 2.75) is 25.4 Å². The first-order valence-electron chi connectivity index (χ1n) is 8.55. The molecule has 2 aromatic carbocycles. The van der Waals surface area contributed by atoms with Crippen LogP contribution in [0.4, 0.5) is 5.69 Å². The number of halogens is 1. The molecule has 7 heteroatoms. The molecule has 0 spiro atoms. The van der Waals surface area contributed by atoms with E-state index in [9.17, 15) is 4.79 Å². The minimum atomic E-state index is -0.0643. The minimum Gasteiger partial charge on any atom is -0.325 e. The minimum absolute atomic E-state index is 0.0643. The van der Waals surface area contributed by atoms with Gasteiger partial charge < -0.3 is 9.88 Å². The van der Waals surface area contributed by atoms with E-state index in [2.05, 4.69) is 15.5 Å². The predicted octanol–water partition coefficient (Wildman–Crippen LogP) is 4.41. The van der Waals surface area contributed by atoms with Crippen molar-refractivity contribution < 1.29 is 4.79 Å². The molecule has 27 heavy (non-hydrogen) atoms. The molecule has 0 aliphatic carbocycles. The van der Waals surface area contributed by atoms with Crippen LogP contribution in [0.3, 0.4) is 0 Å². The van der Waals surface area contributed by atoms with Crippen molar-refractivity contribution in [2.75, 3.05) is 11.1 Å². The average Bonchev–Trinajstić information content (AvgIpc) is 2.98. The molecule has 0 bridgehead atoms. The normalized spacial score (nSPS) is 10.8. The maximum absolute atomic E-state index is 12.2. The van der Waals surface area contributed by atoms with Crippen LogP contribution in [0.5, 0.6) is 0 Å². The molecule has 5 nitrogen and oxygen atoms in total. The Hall–Kier alpha value is -2.31. The van der Waals surface area contributed by atoms with E-state index in [-0.39, 0.29) is 11.7 Å². The van der Waals surface area contributed by atoms with Gasteiger partial charge in [0, 0.05) is 24.2 Å². The molecule has 0 saturated carbocycles. The summed E-state index contributed by atoms with van der Waals surface area (Å²) < 4.78 is 1.92. The number of carbonyl (C=O) groups excluding carboxylic acids is 1. The largest absolute Gasteiger partial charge is 0.325 e. The lowest BCUT2D eigenvalue weighted by molar-refractivity contribution is -0.113. The van der Waals surface area contributed by atoms with Gasteiger partial charge in [0.2, 0.25) is 5.91 Å². The van der Waals surface area contributed by atoms with Crippen LogP contribution in [-0.2, 0) is 18.3 Å². The Bertz CT molecular complexity index is 953. The van der Waals surface area contributed by atoms with Gasteiger partial charge in [0.05, 0.1) is 5.75 Å². The Labute approximate surface area is 168 Å². The summed E-state index contributed by atoms with van der Waals surface area (Å²) in [6.45, 7) is 4.08. The first kappa shape index (κ1) is 19.5. The van der Waals surface area contributed by atoms with E-state index in [0.717, 1.165) is 22.6 Å². The van der Waals surface area contributed by atoms with Crippen LogP contribution in [-0.4, -0.2) is 26.4 Å². The molecule has 0 aliphatic heterocycles. The van der Waals surface area contributed by atoms with Gasteiger partial charge in [0.25, 0.3) is 0 Å². The average molecular weight is 401 g/mol. The van der Waals surface area contributed by atoms with Gasteiger partial charge in [-0.2, -0.15) is 0 Å². The molecule has 0 radical (unpaired) electrons. The lowest BCUT2D eigenvalue weighted by atomic mass is 10.1. The Morgan fingerprint density at radius 2 is 1.85 bits per heavy atom. The second kappa shape index (κ2) is 8.59. The molecule has 0 atom stereocenters. The highest BCUT2D eigenvalue weighted by molar-refractivity contribution is 7.99. The highest BCUT2D eigenvalue weighted by Gasteiger charge is 2.12. The first-order valence-corrected chi connectivity index (χ1v) is 9.91. The lowest BCUT2D eigenvalue weighted by Crippen LogP contribution is -2.14. The quantitative estimate of drug-likeness (QED) is 0.623. The van der Waals surface area contributed by atoms with Crippen molar-refractivity contribution in [3.8, 4) is 0 Å². The lowest BCUT2D eigenvalue weighted by Gasteiger charge is -2.08. The van der Waals surface area contributed by atoms with Crippen molar-refractivity contribution in [3.63, 3.8) is 0 Å². The van der Waals surface area contributed by atoms with Crippen molar-refractivity contribution in [1.29, 1.82) is 0 Å². The topological polar surface area (TPSA) is 59.8 Å². The van der Waals surface area contributed by atoms with Gasteiger partial charge in [-0.05, 0) is 54.8 Å². The molecule has 0 aliphatic rings. The molecule has 0 fully saturated rings. The SMILES string of the molecule is Cc1ccc(NC(=O)CSc2nnc(Cc3ccc(Cl)cc3)n2C)cc1C. The number of carbonyl (C=O) groups is 1. The molecule has 0 unspecified atom stereocenters. The van der Waals surface area contributed by atoms with E-state index in [0.29, 0.717) is 16.6 Å². The third kappa shape index (κ3) is 5.11. The molecule has 1 N–H and O–H groups in total. The summed E-state index contributed by atoms with van der Waals surface area (Å²) in [5.74, 6) is 1.06. The fourth-order valence-corrected chi connectivity index (χ4v) is 3.41. The van der Waals surface area contributed by atoms with Crippen LogP contribution >= 0.6 is 23.4 Å². The maximum atomic E-state index is 12.2. The maximum Gasteiger partial charge on any atom is 0.234 e. The molecule has 3 aromatic rings. The monoisotopic (exact) mass is 400 g/mol. The van der Waals surface area contributed by atoms with Gasteiger partial charge in [-0.1, -0.05) is 41.6 Å². The van der Waals surface area contributed by atoms with Crippen molar-refractivity contribution in [1.82, 2.24) is 14.8 Å². The van der Waals surface area contributed by atoms with Crippen LogP contribution in [0.15, 0.2) is 47.6 Å². The summed E-state index contributed by atoms with van der Waals surface area (Å²) in [4.78, 5) is 12.2. The Balaban J connectivity index is 1.58. The second-order valence-electron chi connectivity index (χ2n) is 6.40.